The molecular weight excluding hydrogens is 354 g/mol. The van der Waals surface area contributed by atoms with Crippen molar-refractivity contribution in [2.45, 2.75) is 13.5 Å². The lowest BCUT2D eigenvalue weighted by molar-refractivity contribution is -0.116. The molecule has 1 amide bonds. The quantitative estimate of drug-likeness (QED) is 0.706. The van der Waals surface area contributed by atoms with Crippen LogP contribution in [0.4, 0.5) is 0 Å². The highest BCUT2D eigenvalue weighted by atomic mass is 35.5. The number of hydrogen-bond acceptors (Lipinski definition) is 4. The molecule has 1 N–H and O–H groups in total. The van der Waals surface area contributed by atoms with Crippen LogP contribution in [0.5, 0.6) is 17.2 Å². The van der Waals surface area contributed by atoms with E-state index in [1.807, 2.05) is 31.2 Å². The van der Waals surface area contributed by atoms with Crippen LogP contribution in [0.2, 0.25) is 5.02 Å². The lowest BCUT2D eigenvalue weighted by atomic mass is 10.1. The first-order valence-electron chi connectivity index (χ1n) is 8.17. The highest BCUT2D eigenvalue weighted by molar-refractivity contribution is 6.32. The zero-order chi connectivity index (χ0) is 18.9. The van der Waals surface area contributed by atoms with Crippen molar-refractivity contribution in [1.82, 2.24) is 5.32 Å². The van der Waals surface area contributed by atoms with Crippen LogP contribution in [0.1, 0.15) is 18.1 Å². The summed E-state index contributed by atoms with van der Waals surface area (Å²) in [6, 6.07) is 11.0. The second-order valence-electron chi connectivity index (χ2n) is 5.33. The van der Waals surface area contributed by atoms with Crippen molar-refractivity contribution in [2.24, 2.45) is 0 Å². The number of ether oxygens (including phenoxy) is 3. The third-order valence-corrected chi connectivity index (χ3v) is 3.89. The van der Waals surface area contributed by atoms with Gasteiger partial charge in [0.05, 0.1) is 25.8 Å². The van der Waals surface area contributed by atoms with E-state index in [4.69, 9.17) is 25.8 Å². The van der Waals surface area contributed by atoms with Gasteiger partial charge < -0.3 is 19.5 Å². The molecule has 2 aromatic carbocycles. The number of hydrogen-bond donors (Lipinski definition) is 1. The van der Waals surface area contributed by atoms with Gasteiger partial charge in [0.15, 0.2) is 11.5 Å². The number of para-hydroxylation sites is 1. The predicted octanol–water partition coefficient (Wildman–Crippen LogP) is 4.09. The van der Waals surface area contributed by atoms with Gasteiger partial charge in [-0.15, -0.1) is 0 Å². The van der Waals surface area contributed by atoms with Crippen molar-refractivity contribution in [3.8, 4) is 17.2 Å². The van der Waals surface area contributed by atoms with Crippen LogP contribution < -0.4 is 19.5 Å². The summed E-state index contributed by atoms with van der Waals surface area (Å²) in [5.41, 5.74) is 1.64. The minimum atomic E-state index is -0.222. The van der Waals surface area contributed by atoms with Crippen molar-refractivity contribution in [3.63, 3.8) is 0 Å². The maximum absolute atomic E-state index is 12.1. The van der Waals surface area contributed by atoms with Crippen molar-refractivity contribution in [1.29, 1.82) is 0 Å². The van der Waals surface area contributed by atoms with Gasteiger partial charge in [-0.2, -0.15) is 0 Å². The molecule has 0 saturated heterocycles. The normalized spacial score (nSPS) is 10.6. The van der Waals surface area contributed by atoms with Crippen molar-refractivity contribution in [3.05, 3.63) is 58.6 Å². The zero-order valence-electron chi connectivity index (χ0n) is 15.0. The van der Waals surface area contributed by atoms with Crippen LogP contribution >= 0.6 is 11.6 Å². The minimum absolute atomic E-state index is 0.222. The molecule has 138 valence electrons. The summed E-state index contributed by atoms with van der Waals surface area (Å²) in [6.07, 6.45) is 3.11. The van der Waals surface area contributed by atoms with Crippen LogP contribution in [0.25, 0.3) is 6.08 Å². The number of carbonyl (C=O) groups excluding carboxylic acids is 1. The summed E-state index contributed by atoms with van der Waals surface area (Å²) >= 11 is 6.23. The fourth-order valence-electron chi connectivity index (χ4n) is 2.38. The molecule has 0 atom stereocenters. The van der Waals surface area contributed by atoms with Gasteiger partial charge in [-0.1, -0.05) is 29.8 Å². The molecule has 2 rings (SSSR count). The zero-order valence-corrected chi connectivity index (χ0v) is 15.8. The van der Waals surface area contributed by atoms with E-state index in [2.05, 4.69) is 5.32 Å². The molecule has 0 aliphatic carbocycles. The highest BCUT2D eigenvalue weighted by Crippen LogP contribution is 2.36. The Bertz CT molecular complexity index is 789. The number of benzene rings is 2. The van der Waals surface area contributed by atoms with E-state index in [-0.39, 0.29) is 5.91 Å². The summed E-state index contributed by atoms with van der Waals surface area (Å²) in [5, 5.41) is 3.25. The lowest BCUT2D eigenvalue weighted by Gasteiger charge is -2.12. The first kappa shape index (κ1) is 19.7. The van der Waals surface area contributed by atoms with E-state index in [0.29, 0.717) is 29.7 Å². The van der Waals surface area contributed by atoms with Gasteiger partial charge in [-0.05, 0) is 36.8 Å². The van der Waals surface area contributed by atoms with E-state index in [9.17, 15) is 4.79 Å². The second kappa shape index (κ2) is 9.73. The largest absolute Gasteiger partial charge is 0.496 e. The number of nitrogens with one attached hydrogen (secondary N) is 1. The number of amides is 1. The molecular formula is C20H22ClNO4. The molecule has 0 aromatic heterocycles. The Balaban J connectivity index is 2.04. The van der Waals surface area contributed by atoms with Gasteiger partial charge >= 0.3 is 0 Å². The van der Waals surface area contributed by atoms with Gasteiger partial charge in [0.1, 0.15) is 5.75 Å². The first-order chi connectivity index (χ1) is 12.6. The van der Waals surface area contributed by atoms with Crippen LogP contribution in [-0.4, -0.2) is 26.7 Å². The highest BCUT2D eigenvalue weighted by Gasteiger charge is 2.10. The Kier molecular flexibility index (Phi) is 7.36. The van der Waals surface area contributed by atoms with Crippen LogP contribution in [0, 0.1) is 0 Å². The third kappa shape index (κ3) is 5.17. The van der Waals surface area contributed by atoms with E-state index in [1.165, 1.54) is 6.08 Å². The molecule has 0 fully saturated rings. The van der Waals surface area contributed by atoms with Gasteiger partial charge in [-0.3, -0.25) is 4.79 Å². The number of rotatable bonds is 8. The number of halogens is 1. The van der Waals surface area contributed by atoms with Crippen molar-refractivity contribution >= 4 is 23.6 Å². The Hall–Kier alpha value is -2.66. The molecule has 0 radical (unpaired) electrons. The van der Waals surface area contributed by atoms with Crippen LogP contribution in [0.15, 0.2) is 42.5 Å². The SMILES string of the molecule is CCOc1c(Cl)cc(/C=C/C(=O)NCc2ccccc2OC)cc1OC. The Morgan fingerprint density at radius 2 is 1.88 bits per heavy atom. The maximum atomic E-state index is 12.1. The number of methoxy groups -OCH3 is 2. The summed E-state index contributed by atoms with van der Waals surface area (Å²) in [4.78, 5) is 12.1. The molecule has 2 aromatic rings. The standard InChI is InChI=1S/C20H22ClNO4/c1-4-26-20-16(21)11-14(12-18(20)25-3)9-10-19(23)22-13-15-7-5-6-8-17(15)24-2/h5-12H,4,13H2,1-3H3,(H,22,23)/b10-9+. The van der Waals surface area contributed by atoms with E-state index < -0.39 is 0 Å². The monoisotopic (exact) mass is 375 g/mol. The smallest absolute Gasteiger partial charge is 0.244 e. The van der Waals surface area contributed by atoms with Crippen molar-refractivity contribution < 1.29 is 19.0 Å². The van der Waals surface area contributed by atoms with Crippen molar-refractivity contribution in [2.75, 3.05) is 20.8 Å². The number of carbonyl (C=O) groups is 1. The molecule has 5 nitrogen and oxygen atoms in total. The summed E-state index contributed by atoms with van der Waals surface area (Å²) in [7, 11) is 3.14. The Morgan fingerprint density at radius 3 is 2.58 bits per heavy atom. The first-order valence-corrected chi connectivity index (χ1v) is 8.55. The molecule has 0 saturated carbocycles. The van der Waals surface area contributed by atoms with E-state index >= 15 is 0 Å². The maximum Gasteiger partial charge on any atom is 0.244 e. The van der Waals surface area contributed by atoms with Gasteiger partial charge in [0.2, 0.25) is 5.91 Å². The van der Waals surface area contributed by atoms with Crippen LogP contribution in [-0.2, 0) is 11.3 Å². The molecule has 0 heterocycles. The van der Waals surface area contributed by atoms with E-state index in [1.54, 1.807) is 32.4 Å². The molecule has 26 heavy (non-hydrogen) atoms. The average Bonchev–Trinajstić information content (AvgIpc) is 2.66. The summed E-state index contributed by atoms with van der Waals surface area (Å²) < 4.78 is 16.0. The van der Waals surface area contributed by atoms with Gasteiger partial charge in [-0.25, -0.2) is 0 Å². The lowest BCUT2D eigenvalue weighted by Crippen LogP contribution is -2.20. The van der Waals surface area contributed by atoms with E-state index in [0.717, 1.165) is 16.9 Å². The summed E-state index contributed by atoms with van der Waals surface area (Å²) in [5.74, 6) is 1.53. The average molecular weight is 376 g/mol. The second-order valence-corrected chi connectivity index (χ2v) is 5.74. The fourth-order valence-corrected chi connectivity index (χ4v) is 2.66. The van der Waals surface area contributed by atoms with Crippen LogP contribution in [0.3, 0.4) is 0 Å². The van der Waals surface area contributed by atoms with Gasteiger partial charge in [0.25, 0.3) is 0 Å². The molecule has 0 unspecified atom stereocenters. The molecule has 0 spiro atoms. The molecule has 0 aliphatic heterocycles. The Labute approximate surface area is 158 Å². The molecule has 6 heteroatoms. The minimum Gasteiger partial charge on any atom is -0.496 e. The van der Waals surface area contributed by atoms with Gasteiger partial charge in [0, 0.05) is 18.2 Å². The predicted molar refractivity (Wildman–Crippen MR) is 103 cm³/mol. The summed E-state index contributed by atoms with van der Waals surface area (Å²) in [6.45, 7) is 2.73. The fraction of sp³-hybridized carbons (Fsp3) is 0.250. The molecule has 0 bridgehead atoms. The topological polar surface area (TPSA) is 56.8 Å². The molecule has 0 aliphatic rings. The Morgan fingerprint density at radius 1 is 1.15 bits per heavy atom. The third-order valence-electron chi connectivity index (χ3n) is 3.61.